The lowest BCUT2D eigenvalue weighted by molar-refractivity contribution is -0.139. The summed E-state index contributed by atoms with van der Waals surface area (Å²) in [5, 5.41) is 12.6. The summed E-state index contributed by atoms with van der Waals surface area (Å²) in [6.45, 7) is 3.68. The first kappa shape index (κ1) is 11.2. The minimum absolute atomic E-state index is 0.159. The molecule has 0 spiro atoms. The van der Waals surface area contributed by atoms with Crippen LogP contribution in [0.25, 0.3) is 0 Å². The van der Waals surface area contributed by atoms with E-state index in [-0.39, 0.29) is 6.54 Å². The first-order chi connectivity index (χ1) is 6.22. The van der Waals surface area contributed by atoms with Gasteiger partial charge >= 0.3 is 11.8 Å². The Balaban J connectivity index is 3.64. The molecule has 0 aliphatic carbocycles. The van der Waals surface area contributed by atoms with Crippen molar-refractivity contribution >= 4 is 11.8 Å². The van der Waals surface area contributed by atoms with Gasteiger partial charge in [-0.2, -0.15) is 5.26 Å². The van der Waals surface area contributed by atoms with Gasteiger partial charge in [-0.15, -0.1) is 6.58 Å². The second kappa shape index (κ2) is 6.85. The molecule has 0 rings (SSSR count). The fraction of sp³-hybridized carbons (Fsp3) is 0.375. The zero-order valence-corrected chi connectivity index (χ0v) is 7.17. The number of amides is 2. The zero-order chi connectivity index (χ0) is 10.1. The lowest BCUT2D eigenvalue weighted by atomic mass is 10.4. The molecule has 0 fully saturated rings. The van der Waals surface area contributed by atoms with Crippen molar-refractivity contribution in [2.75, 3.05) is 13.1 Å². The van der Waals surface area contributed by atoms with Crippen molar-refractivity contribution in [2.24, 2.45) is 0 Å². The van der Waals surface area contributed by atoms with Crippen LogP contribution in [0.1, 0.15) is 6.42 Å². The second-order valence-corrected chi connectivity index (χ2v) is 2.17. The maximum Gasteiger partial charge on any atom is 0.310 e. The van der Waals surface area contributed by atoms with E-state index in [9.17, 15) is 9.59 Å². The molecule has 2 amide bonds. The number of carbonyl (C=O) groups excluding carboxylic acids is 2. The Morgan fingerprint density at radius 1 is 1.38 bits per heavy atom. The van der Waals surface area contributed by atoms with E-state index in [4.69, 9.17) is 5.26 Å². The van der Waals surface area contributed by atoms with Crippen molar-refractivity contribution in [2.45, 2.75) is 6.42 Å². The fourth-order valence-electron chi connectivity index (χ4n) is 0.568. The highest BCUT2D eigenvalue weighted by molar-refractivity contribution is 6.35. The number of hydrogen-bond donors (Lipinski definition) is 2. The van der Waals surface area contributed by atoms with Crippen LogP contribution in [0, 0.1) is 11.3 Å². The number of nitrogens with one attached hydrogen (secondary N) is 2. The van der Waals surface area contributed by atoms with Crippen LogP contribution in [-0.4, -0.2) is 24.9 Å². The van der Waals surface area contributed by atoms with Crippen LogP contribution < -0.4 is 10.6 Å². The average Bonchev–Trinajstić information content (AvgIpc) is 2.14. The summed E-state index contributed by atoms with van der Waals surface area (Å²) in [6.07, 6.45) is 2.24. The Kier molecular flexibility index (Phi) is 5.89. The Morgan fingerprint density at radius 2 is 2.00 bits per heavy atom. The molecule has 0 heterocycles. The van der Waals surface area contributed by atoms with Gasteiger partial charge in [0.05, 0.1) is 6.07 Å². The summed E-state index contributed by atoms with van der Waals surface area (Å²) >= 11 is 0. The SMILES string of the molecule is C=CCCNC(=O)C(=O)NCC#N. The van der Waals surface area contributed by atoms with Crippen molar-refractivity contribution in [3.63, 3.8) is 0 Å². The molecule has 0 aliphatic heterocycles. The Hall–Kier alpha value is -1.83. The molecule has 0 radical (unpaired) electrons. The van der Waals surface area contributed by atoms with Crippen LogP contribution in [0.2, 0.25) is 0 Å². The minimum atomic E-state index is -0.786. The fourth-order valence-corrected chi connectivity index (χ4v) is 0.568. The molecule has 0 saturated heterocycles. The lowest BCUT2D eigenvalue weighted by Crippen LogP contribution is -2.40. The van der Waals surface area contributed by atoms with Gasteiger partial charge in [-0.25, -0.2) is 0 Å². The molecule has 0 aromatic carbocycles. The van der Waals surface area contributed by atoms with Crippen molar-refractivity contribution < 1.29 is 9.59 Å². The van der Waals surface area contributed by atoms with Crippen LogP contribution in [0.3, 0.4) is 0 Å². The number of rotatable bonds is 4. The standard InChI is InChI=1S/C8H11N3O2/c1-2-3-5-10-7(12)8(13)11-6-4-9/h2H,1,3,5-6H2,(H,10,12)(H,11,13). The Labute approximate surface area is 76.4 Å². The van der Waals surface area contributed by atoms with Gasteiger partial charge in [-0.1, -0.05) is 6.08 Å². The smallest absolute Gasteiger partial charge is 0.310 e. The van der Waals surface area contributed by atoms with E-state index in [2.05, 4.69) is 17.2 Å². The van der Waals surface area contributed by atoms with Crippen LogP contribution >= 0.6 is 0 Å². The average molecular weight is 181 g/mol. The van der Waals surface area contributed by atoms with Crippen molar-refractivity contribution in [3.8, 4) is 6.07 Å². The highest BCUT2D eigenvalue weighted by Gasteiger charge is 2.10. The molecule has 0 bridgehead atoms. The van der Waals surface area contributed by atoms with E-state index in [1.54, 1.807) is 12.1 Å². The third-order valence-electron chi connectivity index (χ3n) is 1.17. The summed E-state index contributed by atoms with van der Waals surface area (Å²) in [7, 11) is 0. The van der Waals surface area contributed by atoms with E-state index >= 15 is 0 Å². The molecular formula is C8H11N3O2. The third kappa shape index (κ3) is 5.44. The summed E-state index contributed by atoms with van der Waals surface area (Å²) < 4.78 is 0. The van der Waals surface area contributed by atoms with Gasteiger partial charge in [0, 0.05) is 6.54 Å². The third-order valence-corrected chi connectivity index (χ3v) is 1.17. The van der Waals surface area contributed by atoms with E-state index in [0.717, 1.165) is 0 Å². The first-order valence-electron chi connectivity index (χ1n) is 3.76. The predicted octanol–water partition coefficient (Wildman–Crippen LogP) is -0.682. The molecule has 0 unspecified atom stereocenters. The van der Waals surface area contributed by atoms with Gasteiger partial charge in [0.1, 0.15) is 6.54 Å². The molecule has 70 valence electrons. The number of carbonyl (C=O) groups is 2. The first-order valence-corrected chi connectivity index (χ1v) is 3.76. The number of hydrogen-bond acceptors (Lipinski definition) is 3. The van der Waals surface area contributed by atoms with Crippen molar-refractivity contribution in [3.05, 3.63) is 12.7 Å². The molecule has 0 aliphatic rings. The van der Waals surface area contributed by atoms with E-state index in [1.165, 1.54) is 0 Å². The normalized spacial score (nSPS) is 8.23. The molecular weight excluding hydrogens is 170 g/mol. The molecule has 0 aromatic heterocycles. The summed E-state index contributed by atoms with van der Waals surface area (Å²) in [4.78, 5) is 21.7. The quantitative estimate of drug-likeness (QED) is 0.261. The van der Waals surface area contributed by atoms with E-state index in [1.807, 2.05) is 0 Å². The highest BCUT2D eigenvalue weighted by atomic mass is 16.2. The lowest BCUT2D eigenvalue weighted by Gasteiger charge is -2.01. The highest BCUT2D eigenvalue weighted by Crippen LogP contribution is 1.75. The summed E-state index contributed by atoms with van der Waals surface area (Å²) in [5.74, 6) is -1.51. The van der Waals surface area contributed by atoms with Gasteiger partial charge in [-0.05, 0) is 6.42 Å². The maximum absolute atomic E-state index is 10.9. The predicted molar refractivity (Wildman–Crippen MR) is 46.4 cm³/mol. The van der Waals surface area contributed by atoms with E-state index in [0.29, 0.717) is 13.0 Å². The van der Waals surface area contributed by atoms with Crippen LogP contribution in [0.4, 0.5) is 0 Å². The molecule has 0 aromatic rings. The van der Waals surface area contributed by atoms with Crippen molar-refractivity contribution in [1.82, 2.24) is 10.6 Å². The number of nitrogens with zero attached hydrogens (tertiary/aromatic N) is 1. The summed E-state index contributed by atoms with van der Waals surface area (Å²) in [5.41, 5.74) is 0. The Bertz CT molecular complexity index is 242. The topological polar surface area (TPSA) is 82.0 Å². The van der Waals surface area contributed by atoms with Gasteiger partial charge in [-0.3, -0.25) is 9.59 Å². The monoisotopic (exact) mass is 181 g/mol. The van der Waals surface area contributed by atoms with Gasteiger partial charge in [0.15, 0.2) is 0 Å². The molecule has 13 heavy (non-hydrogen) atoms. The Morgan fingerprint density at radius 3 is 2.54 bits per heavy atom. The minimum Gasteiger partial charge on any atom is -0.348 e. The molecule has 0 atom stereocenters. The molecule has 5 heteroatoms. The van der Waals surface area contributed by atoms with Gasteiger partial charge in [0.2, 0.25) is 0 Å². The zero-order valence-electron chi connectivity index (χ0n) is 7.17. The van der Waals surface area contributed by atoms with Crippen LogP contribution in [-0.2, 0) is 9.59 Å². The van der Waals surface area contributed by atoms with Crippen molar-refractivity contribution in [1.29, 1.82) is 5.26 Å². The molecule has 0 saturated carbocycles. The van der Waals surface area contributed by atoms with Crippen LogP contribution in [0.5, 0.6) is 0 Å². The maximum atomic E-state index is 10.9. The van der Waals surface area contributed by atoms with E-state index < -0.39 is 11.8 Å². The number of nitriles is 1. The summed E-state index contributed by atoms with van der Waals surface area (Å²) in [6, 6.07) is 1.69. The molecule has 2 N–H and O–H groups in total. The largest absolute Gasteiger partial charge is 0.348 e. The van der Waals surface area contributed by atoms with Crippen LogP contribution in [0.15, 0.2) is 12.7 Å². The second-order valence-electron chi connectivity index (χ2n) is 2.17. The van der Waals surface area contributed by atoms with Gasteiger partial charge < -0.3 is 10.6 Å². The molecule has 5 nitrogen and oxygen atoms in total. The van der Waals surface area contributed by atoms with Gasteiger partial charge in [0.25, 0.3) is 0 Å².